The highest BCUT2D eigenvalue weighted by molar-refractivity contribution is 6.42. The predicted molar refractivity (Wildman–Crippen MR) is 85.9 cm³/mol. The Morgan fingerprint density at radius 3 is 2.62 bits per heavy atom. The molecular weight excluding hydrogens is 311 g/mol. The van der Waals surface area contributed by atoms with Gasteiger partial charge in [0.2, 0.25) is 0 Å². The number of ether oxygens (including phenoxy) is 1. The van der Waals surface area contributed by atoms with E-state index >= 15 is 0 Å². The number of nitrogens with one attached hydrogen (secondary N) is 1. The van der Waals surface area contributed by atoms with E-state index < -0.39 is 6.09 Å². The minimum absolute atomic E-state index is 0.364. The molecule has 2 unspecified atom stereocenters. The van der Waals surface area contributed by atoms with E-state index in [0.717, 1.165) is 12.8 Å². The van der Waals surface area contributed by atoms with Crippen molar-refractivity contribution in [1.29, 1.82) is 0 Å². The van der Waals surface area contributed by atoms with Crippen LogP contribution in [0, 0.1) is 11.8 Å². The fourth-order valence-corrected chi connectivity index (χ4v) is 3.02. The molecule has 1 aliphatic carbocycles. The molecule has 0 heterocycles. The van der Waals surface area contributed by atoms with Gasteiger partial charge in [0.25, 0.3) is 0 Å². The molecule has 1 amide bonds. The highest BCUT2D eigenvalue weighted by atomic mass is 35.5. The summed E-state index contributed by atoms with van der Waals surface area (Å²) < 4.78 is 5.31. The topological polar surface area (TPSA) is 64.3 Å². The normalized spacial score (nSPS) is 21.9. The molecule has 2 atom stereocenters. The number of carbonyl (C=O) groups is 1. The maximum Gasteiger partial charge on any atom is 0.411 e. The average molecular weight is 331 g/mol. The molecule has 3 N–H and O–H groups in total. The number of rotatable bonds is 4. The lowest BCUT2D eigenvalue weighted by atomic mass is 9.80. The molecule has 6 heteroatoms. The third kappa shape index (κ3) is 4.77. The van der Waals surface area contributed by atoms with Crippen LogP contribution in [0.5, 0.6) is 0 Å². The molecule has 0 radical (unpaired) electrons. The van der Waals surface area contributed by atoms with Gasteiger partial charge < -0.3 is 10.5 Å². The Hall–Kier alpha value is -0.970. The van der Waals surface area contributed by atoms with Gasteiger partial charge >= 0.3 is 6.09 Å². The standard InChI is InChI=1S/C15H20Cl2N2O2/c16-13-6-5-12(7-14(13)17)19-15(20)21-9-11-4-2-1-3-10(11)8-18/h5-7,10-11H,1-4,8-9,18H2,(H,19,20). The van der Waals surface area contributed by atoms with Crippen LogP contribution >= 0.6 is 23.2 Å². The van der Waals surface area contributed by atoms with Gasteiger partial charge in [0.15, 0.2) is 0 Å². The van der Waals surface area contributed by atoms with Crippen LogP contribution in [-0.2, 0) is 4.74 Å². The van der Waals surface area contributed by atoms with Crippen molar-refractivity contribution in [3.63, 3.8) is 0 Å². The number of amides is 1. The van der Waals surface area contributed by atoms with Crippen molar-refractivity contribution in [2.75, 3.05) is 18.5 Å². The van der Waals surface area contributed by atoms with Gasteiger partial charge in [-0.2, -0.15) is 0 Å². The molecule has 116 valence electrons. The van der Waals surface area contributed by atoms with Crippen LogP contribution in [0.15, 0.2) is 18.2 Å². The Balaban J connectivity index is 1.82. The van der Waals surface area contributed by atoms with Crippen molar-refractivity contribution in [2.24, 2.45) is 17.6 Å². The Morgan fingerprint density at radius 2 is 1.95 bits per heavy atom. The second-order valence-electron chi connectivity index (χ2n) is 5.39. The highest BCUT2D eigenvalue weighted by Gasteiger charge is 2.25. The molecule has 0 spiro atoms. The first-order valence-electron chi connectivity index (χ1n) is 7.19. The number of benzene rings is 1. The number of carbonyl (C=O) groups excluding carboxylic acids is 1. The van der Waals surface area contributed by atoms with E-state index in [9.17, 15) is 4.79 Å². The molecule has 1 aromatic carbocycles. The molecule has 1 aromatic rings. The minimum Gasteiger partial charge on any atom is -0.449 e. The lowest BCUT2D eigenvalue weighted by Crippen LogP contribution is -2.31. The fraction of sp³-hybridized carbons (Fsp3) is 0.533. The van der Waals surface area contributed by atoms with Gasteiger partial charge in [-0.1, -0.05) is 36.0 Å². The maximum atomic E-state index is 11.8. The Kier molecular flexibility index (Phi) is 6.15. The van der Waals surface area contributed by atoms with Crippen molar-refractivity contribution in [3.8, 4) is 0 Å². The summed E-state index contributed by atoms with van der Waals surface area (Å²) in [6.45, 7) is 1.07. The lowest BCUT2D eigenvalue weighted by molar-refractivity contribution is 0.104. The predicted octanol–water partition coefficient (Wildman–Crippen LogP) is 4.31. The van der Waals surface area contributed by atoms with Gasteiger partial charge in [-0.25, -0.2) is 4.79 Å². The second kappa shape index (κ2) is 7.87. The van der Waals surface area contributed by atoms with Crippen LogP contribution in [0.1, 0.15) is 25.7 Å². The zero-order valence-corrected chi connectivity index (χ0v) is 13.3. The summed E-state index contributed by atoms with van der Waals surface area (Å²) in [7, 11) is 0. The van der Waals surface area contributed by atoms with E-state index in [4.69, 9.17) is 33.7 Å². The average Bonchev–Trinajstić information content (AvgIpc) is 2.49. The first-order valence-corrected chi connectivity index (χ1v) is 7.94. The molecule has 0 saturated heterocycles. The van der Waals surface area contributed by atoms with Crippen molar-refractivity contribution >= 4 is 35.0 Å². The summed E-state index contributed by atoms with van der Waals surface area (Å²) >= 11 is 11.7. The fourth-order valence-electron chi connectivity index (χ4n) is 2.72. The van der Waals surface area contributed by atoms with E-state index in [1.165, 1.54) is 12.8 Å². The zero-order chi connectivity index (χ0) is 15.2. The SMILES string of the molecule is NCC1CCCCC1COC(=O)Nc1ccc(Cl)c(Cl)c1. The highest BCUT2D eigenvalue weighted by Crippen LogP contribution is 2.29. The number of hydrogen-bond donors (Lipinski definition) is 2. The molecule has 1 saturated carbocycles. The van der Waals surface area contributed by atoms with E-state index in [1.54, 1.807) is 18.2 Å². The molecule has 0 aliphatic heterocycles. The smallest absolute Gasteiger partial charge is 0.411 e. The van der Waals surface area contributed by atoms with Crippen LogP contribution in [0.2, 0.25) is 10.0 Å². The van der Waals surface area contributed by atoms with E-state index in [-0.39, 0.29) is 0 Å². The molecule has 21 heavy (non-hydrogen) atoms. The summed E-state index contributed by atoms with van der Waals surface area (Å²) in [4.78, 5) is 11.8. The Morgan fingerprint density at radius 1 is 1.24 bits per heavy atom. The van der Waals surface area contributed by atoms with Crippen molar-refractivity contribution < 1.29 is 9.53 Å². The van der Waals surface area contributed by atoms with Gasteiger partial charge in [0.1, 0.15) is 0 Å². The zero-order valence-electron chi connectivity index (χ0n) is 11.8. The number of nitrogens with two attached hydrogens (primary N) is 1. The summed E-state index contributed by atoms with van der Waals surface area (Å²) in [5.74, 6) is 0.819. The third-order valence-corrected chi connectivity index (χ3v) is 4.70. The van der Waals surface area contributed by atoms with Crippen LogP contribution in [0.25, 0.3) is 0 Å². The third-order valence-electron chi connectivity index (χ3n) is 3.96. The number of halogens is 2. The number of anilines is 1. The summed E-state index contributed by atoms with van der Waals surface area (Å²) in [5, 5.41) is 3.49. The van der Waals surface area contributed by atoms with Crippen molar-refractivity contribution in [1.82, 2.24) is 0 Å². The molecule has 1 aliphatic rings. The maximum absolute atomic E-state index is 11.8. The molecular formula is C15H20Cl2N2O2. The molecule has 4 nitrogen and oxygen atoms in total. The molecule has 1 fully saturated rings. The monoisotopic (exact) mass is 330 g/mol. The van der Waals surface area contributed by atoms with Crippen LogP contribution in [-0.4, -0.2) is 19.2 Å². The van der Waals surface area contributed by atoms with Crippen molar-refractivity contribution in [3.05, 3.63) is 28.2 Å². The number of hydrogen-bond acceptors (Lipinski definition) is 3. The lowest BCUT2D eigenvalue weighted by Gasteiger charge is -2.30. The first kappa shape index (κ1) is 16.4. The minimum atomic E-state index is -0.477. The van der Waals surface area contributed by atoms with Gasteiger partial charge in [-0.15, -0.1) is 0 Å². The van der Waals surface area contributed by atoms with Crippen molar-refractivity contribution in [2.45, 2.75) is 25.7 Å². The molecule has 0 aromatic heterocycles. The quantitative estimate of drug-likeness (QED) is 0.864. The molecule has 0 bridgehead atoms. The van der Waals surface area contributed by atoms with E-state index in [0.29, 0.717) is 40.7 Å². The van der Waals surface area contributed by atoms with E-state index in [1.807, 2.05) is 0 Å². The molecule has 2 rings (SSSR count). The Bertz CT molecular complexity index is 497. The van der Waals surface area contributed by atoms with Gasteiger partial charge in [-0.05, 0) is 49.4 Å². The summed E-state index contributed by atoms with van der Waals surface area (Å²) in [5.41, 5.74) is 6.33. The Labute approximate surface area is 134 Å². The summed E-state index contributed by atoms with van der Waals surface area (Å²) in [6, 6.07) is 4.90. The van der Waals surface area contributed by atoms with Gasteiger partial charge in [0, 0.05) is 5.69 Å². The van der Waals surface area contributed by atoms with Crippen LogP contribution in [0.4, 0.5) is 10.5 Å². The van der Waals surface area contributed by atoms with E-state index in [2.05, 4.69) is 5.32 Å². The summed E-state index contributed by atoms with van der Waals surface area (Å²) in [6.07, 6.45) is 4.11. The second-order valence-corrected chi connectivity index (χ2v) is 6.21. The van der Waals surface area contributed by atoms with Gasteiger partial charge in [-0.3, -0.25) is 5.32 Å². The van der Waals surface area contributed by atoms with Gasteiger partial charge in [0.05, 0.1) is 16.7 Å². The van der Waals surface area contributed by atoms with Crippen LogP contribution in [0.3, 0.4) is 0 Å². The first-order chi connectivity index (χ1) is 10.1. The largest absolute Gasteiger partial charge is 0.449 e. The van der Waals surface area contributed by atoms with Crippen LogP contribution < -0.4 is 11.1 Å².